The first kappa shape index (κ1) is 16.5. The highest BCUT2D eigenvalue weighted by molar-refractivity contribution is 6.62. The Kier molecular flexibility index (Phi) is 4.81. The van der Waals surface area contributed by atoms with Gasteiger partial charge in [0.15, 0.2) is 0 Å². The highest BCUT2D eigenvalue weighted by Crippen LogP contribution is 2.36. The molecular weight excluding hydrogens is 263 g/mol. The van der Waals surface area contributed by atoms with Crippen molar-refractivity contribution in [1.29, 1.82) is 0 Å². The van der Waals surface area contributed by atoms with Crippen LogP contribution in [0.4, 0.5) is 0 Å². The lowest BCUT2D eigenvalue weighted by Crippen LogP contribution is -2.41. The summed E-state index contributed by atoms with van der Waals surface area (Å²) in [6.07, 6.45) is 1.33. The monoisotopic (exact) mass is 290 g/mol. The average molecular weight is 290 g/mol. The van der Waals surface area contributed by atoms with Crippen molar-refractivity contribution >= 4 is 12.6 Å². The summed E-state index contributed by atoms with van der Waals surface area (Å²) in [5, 5.41) is 0. The molecule has 0 radical (unpaired) electrons. The second-order valence-corrected chi connectivity index (χ2v) is 6.86. The smallest absolute Gasteiger partial charge is 0.399 e. The first-order valence-electron chi connectivity index (χ1n) is 7.81. The third-order valence-corrected chi connectivity index (χ3v) is 4.61. The second-order valence-electron chi connectivity index (χ2n) is 6.86. The Bertz CT molecular complexity index is 451. The molecule has 0 saturated carbocycles. The number of hydrogen-bond acceptors (Lipinski definition) is 3. The summed E-state index contributed by atoms with van der Waals surface area (Å²) in [6.45, 7) is 13.2. The van der Waals surface area contributed by atoms with Gasteiger partial charge in [-0.05, 0) is 52.1 Å². The maximum atomic E-state index is 6.05. The van der Waals surface area contributed by atoms with Gasteiger partial charge in [-0.25, -0.2) is 0 Å². The van der Waals surface area contributed by atoms with E-state index in [0.29, 0.717) is 12.7 Å². The van der Waals surface area contributed by atoms with Gasteiger partial charge in [0.1, 0.15) is 0 Å². The van der Waals surface area contributed by atoms with Crippen molar-refractivity contribution in [3.8, 4) is 0 Å². The molecule has 1 heterocycles. The van der Waals surface area contributed by atoms with Crippen LogP contribution in [0.3, 0.4) is 0 Å². The molecule has 1 aliphatic rings. The van der Waals surface area contributed by atoms with Gasteiger partial charge in [-0.2, -0.15) is 0 Å². The van der Waals surface area contributed by atoms with Gasteiger partial charge in [-0.1, -0.05) is 31.2 Å². The van der Waals surface area contributed by atoms with Gasteiger partial charge in [0.2, 0.25) is 0 Å². The van der Waals surface area contributed by atoms with Crippen LogP contribution < -0.4 is 5.46 Å². The Balaban J connectivity index is 2.00. The van der Waals surface area contributed by atoms with Crippen LogP contribution in [-0.4, -0.2) is 24.4 Å². The molecule has 1 atom stereocenters. The standard InChI is InChI=1S/C17H27BO3/c1-7-13(2)19-12-14-8-10-15(11-9-14)18-20-16(3,4)17(5,6)21-18/h8-11,13H,7,12H2,1-6H3. The summed E-state index contributed by atoms with van der Waals surface area (Å²) in [5.74, 6) is 0. The molecule has 0 N–H and O–H groups in total. The lowest BCUT2D eigenvalue weighted by Gasteiger charge is -2.32. The van der Waals surface area contributed by atoms with Gasteiger partial charge >= 0.3 is 7.12 Å². The number of ether oxygens (including phenoxy) is 1. The SMILES string of the molecule is CCC(C)OCc1ccc(B2OC(C)(C)C(C)(C)O2)cc1. The van der Waals surface area contributed by atoms with E-state index in [4.69, 9.17) is 14.0 Å². The van der Waals surface area contributed by atoms with E-state index in [0.717, 1.165) is 11.9 Å². The predicted molar refractivity (Wildman–Crippen MR) is 86.7 cm³/mol. The molecule has 0 aromatic heterocycles. The highest BCUT2D eigenvalue weighted by atomic mass is 16.7. The number of rotatable bonds is 5. The van der Waals surface area contributed by atoms with Crippen molar-refractivity contribution in [2.24, 2.45) is 0 Å². The molecule has 1 aromatic rings. The van der Waals surface area contributed by atoms with Crippen LogP contribution in [0.15, 0.2) is 24.3 Å². The van der Waals surface area contributed by atoms with E-state index >= 15 is 0 Å². The van der Waals surface area contributed by atoms with E-state index in [2.05, 4.69) is 65.8 Å². The average Bonchev–Trinajstić information content (AvgIpc) is 2.65. The first-order valence-corrected chi connectivity index (χ1v) is 7.81. The zero-order chi connectivity index (χ0) is 15.7. The topological polar surface area (TPSA) is 27.7 Å². The minimum absolute atomic E-state index is 0.292. The third-order valence-electron chi connectivity index (χ3n) is 4.61. The van der Waals surface area contributed by atoms with Gasteiger partial charge in [-0.15, -0.1) is 0 Å². The quantitative estimate of drug-likeness (QED) is 0.779. The van der Waals surface area contributed by atoms with E-state index in [1.807, 2.05) is 0 Å². The van der Waals surface area contributed by atoms with Gasteiger partial charge < -0.3 is 14.0 Å². The molecule has 1 saturated heterocycles. The molecule has 116 valence electrons. The van der Waals surface area contributed by atoms with Crippen molar-refractivity contribution < 1.29 is 14.0 Å². The Morgan fingerprint density at radius 1 is 1.05 bits per heavy atom. The molecule has 21 heavy (non-hydrogen) atoms. The summed E-state index contributed by atoms with van der Waals surface area (Å²) in [7, 11) is -0.292. The number of hydrogen-bond donors (Lipinski definition) is 0. The van der Waals surface area contributed by atoms with Crippen LogP contribution >= 0.6 is 0 Å². The Hall–Kier alpha value is -0.835. The molecule has 2 rings (SSSR count). The maximum Gasteiger partial charge on any atom is 0.494 e. The van der Waals surface area contributed by atoms with Crippen LogP contribution in [0.2, 0.25) is 0 Å². The summed E-state index contributed by atoms with van der Waals surface area (Å²) in [6, 6.07) is 8.31. The normalized spacial score (nSPS) is 21.5. The minimum atomic E-state index is -0.296. The zero-order valence-electron chi connectivity index (χ0n) is 14.1. The summed E-state index contributed by atoms with van der Waals surface area (Å²) < 4.78 is 17.9. The molecule has 0 spiro atoms. The molecule has 0 amide bonds. The fourth-order valence-corrected chi connectivity index (χ4v) is 2.11. The molecule has 1 aromatic carbocycles. The van der Waals surface area contributed by atoms with E-state index in [1.165, 1.54) is 5.56 Å². The molecule has 0 aliphatic carbocycles. The van der Waals surface area contributed by atoms with E-state index in [1.54, 1.807) is 0 Å². The van der Waals surface area contributed by atoms with Crippen LogP contribution in [0.5, 0.6) is 0 Å². The third kappa shape index (κ3) is 3.68. The Morgan fingerprint density at radius 2 is 1.57 bits per heavy atom. The van der Waals surface area contributed by atoms with Gasteiger partial charge in [-0.3, -0.25) is 0 Å². The predicted octanol–water partition coefficient (Wildman–Crippen LogP) is 3.30. The molecule has 0 bridgehead atoms. The highest BCUT2D eigenvalue weighted by Gasteiger charge is 2.51. The summed E-state index contributed by atoms with van der Waals surface area (Å²) in [4.78, 5) is 0. The van der Waals surface area contributed by atoms with E-state index in [-0.39, 0.29) is 18.3 Å². The van der Waals surface area contributed by atoms with Crippen molar-refractivity contribution in [3.05, 3.63) is 29.8 Å². The van der Waals surface area contributed by atoms with Gasteiger partial charge in [0.25, 0.3) is 0 Å². The largest absolute Gasteiger partial charge is 0.494 e. The van der Waals surface area contributed by atoms with Crippen LogP contribution in [-0.2, 0) is 20.7 Å². The number of benzene rings is 1. The lowest BCUT2D eigenvalue weighted by molar-refractivity contribution is 0.00578. The van der Waals surface area contributed by atoms with E-state index in [9.17, 15) is 0 Å². The van der Waals surface area contributed by atoms with Crippen molar-refractivity contribution in [2.75, 3.05) is 0 Å². The molecule has 4 heteroatoms. The van der Waals surface area contributed by atoms with Gasteiger partial charge in [0, 0.05) is 0 Å². The van der Waals surface area contributed by atoms with Crippen LogP contribution in [0, 0.1) is 0 Å². The molecule has 1 fully saturated rings. The van der Waals surface area contributed by atoms with Crippen molar-refractivity contribution in [3.63, 3.8) is 0 Å². The molecule has 1 aliphatic heterocycles. The first-order chi connectivity index (χ1) is 9.75. The van der Waals surface area contributed by atoms with Gasteiger partial charge in [0.05, 0.1) is 23.9 Å². The minimum Gasteiger partial charge on any atom is -0.399 e. The summed E-state index contributed by atoms with van der Waals surface area (Å²) >= 11 is 0. The Labute approximate surface area is 129 Å². The summed E-state index contributed by atoms with van der Waals surface area (Å²) in [5.41, 5.74) is 1.64. The van der Waals surface area contributed by atoms with Crippen molar-refractivity contribution in [2.45, 2.75) is 71.9 Å². The Morgan fingerprint density at radius 3 is 2.05 bits per heavy atom. The zero-order valence-corrected chi connectivity index (χ0v) is 14.1. The van der Waals surface area contributed by atoms with E-state index < -0.39 is 0 Å². The van der Waals surface area contributed by atoms with Crippen LogP contribution in [0.1, 0.15) is 53.5 Å². The fraction of sp³-hybridized carbons (Fsp3) is 0.647. The fourth-order valence-electron chi connectivity index (χ4n) is 2.11. The molecular formula is C17H27BO3. The second kappa shape index (κ2) is 6.11. The van der Waals surface area contributed by atoms with Crippen LogP contribution in [0.25, 0.3) is 0 Å². The lowest BCUT2D eigenvalue weighted by atomic mass is 9.79. The maximum absolute atomic E-state index is 6.05. The van der Waals surface area contributed by atoms with Crippen molar-refractivity contribution in [1.82, 2.24) is 0 Å². The molecule has 3 nitrogen and oxygen atoms in total. The molecule has 1 unspecified atom stereocenters.